The van der Waals surface area contributed by atoms with Gasteiger partial charge in [0.1, 0.15) is 11.2 Å². The normalized spacial score (nSPS) is 17.5. The molecule has 90 valence electrons. The van der Waals surface area contributed by atoms with Crippen LogP contribution in [0, 0.1) is 0 Å². The summed E-state index contributed by atoms with van der Waals surface area (Å²) in [6, 6.07) is 2.28. The second kappa shape index (κ2) is 3.38. The van der Waals surface area contributed by atoms with Gasteiger partial charge in [-0.3, -0.25) is 9.59 Å². The third-order valence-electron chi connectivity index (χ3n) is 3.05. The third-order valence-corrected chi connectivity index (χ3v) is 3.05. The number of Topliss-reactive ketones (excluding diaryl/α,β-unsaturated/α-hetero) is 1. The lowest BCUT2D eigenvalue weighted by molar-refractivity contribution is -0.153. The average Bonchev–Trinajstić information content (AvgIpc) is 2.22. The van der Waals surface area contributed by atoms with Gasteiger partial charge in [0.25, 0.3) is 0 Å². The van der Waals surface area contributed by atoms with Gasteiger partial charge in [0.2, 0.25) is 5.75 Å². The lowest BCUT2D eigenvalue weighted by atomic mass is 9.63. The molecule has 0 aliphatic heterocycles. The Kier molecular flexibility index (Phi) is 2.23. The highest BCUT2D eigenvalue weighted by Gasteiger charge is 2.53. The van der Waals surface area contributed by atoms with Crippen molar-refractivity contribution in [2.45, 2.75) is 18.3 Å². The molecule has 0 spiro atoms. The Labute approximate surface area is 95.8 Å². The molecule has 0 atom stereocenters. The second-order valence-electron chi connectivity index (χ2n) is 4.11. The van der Waals surface area contributed by atoms with Crippen LogP contribution in [0.15, 0.2) is 12.1 Å². The highest BCUT2D eigenvalue weighted by molar-refractivity contribution is 6.02. The zero-order valence-electron chi connectivity index (χ0n) is 8.67. The second-order valence-corrected chi connectivity index (χ2v) is 4.11. The Morgan fingerprint density at radius 2 is 1.71 bits per heavy atom. The average molecular weight is 238 g/mol. The van der Waals surface area contributed by atoms with E-state index in [0.717, 1.165) is 6.07 Å². The standard InChI is InChI=1S/C11H10O6/c12-5-3-11(4-5,10(16)17)6-1-2-7(13)9(15)8(6)14/h1-2,13-15H,3-4H2,(H,16,17). The molecule has 1 aromatic rings. The van der Waals surface area contributed by atoms with Gasteiger partial charge in [0.15, 0.2) is 11.5 Å². The van der Waals surface area contributed by atoms with E-state index in [-0.39, 0.29) is 24.2 Å². The van der Waals surface area contributed by atoms with Gasteiger partial charge >= 0.3 is 5.97 Å². The molecule has 1 fully saturated rings. The molecular weight excluding hydrogens is 228 g/mol. The van der Waals surface area contributed by atoms with Gasteiger partial charge in [-0.15, -0.1) is 0 Å². The minimum atomic E-state index is -1.49. The maximum Gasteiger partial charge on any atom is 0.315 e. The van der Waals surface area contributed by atoms with Crippen LogP contribution in [0.25, 0.3) is 0 Å². The molecule has 0 aromatic heterocycles. The summed E-state index contributed by atoms with van der Waals surface area (Å²) in [4.78, 5) is 22.2. The van der Waals surface area contributed by atoms with Crippen molar-refractivity contribution in [3.8, 4) is 17.2 Å². The predicted molar refractivity (Wildman–Crippen MR) is 55.0 cm³/mol. The Morgan fingerprint density at radius 1 is 1.12 bits per heavy atom. The maximum atomic E-state index is 11.2. The topological polar surface area (TPSA) is 115 Å². The van der Waals surface area contributed by atoms with E-state index in [9.17, 15) is 19.8 Å². The number of carboxylic acids is 1. The number of phenolic OH excluding ortho intramolecular Hbond substituents is 3. The summed E-state index contributed by atoms with van der Waals surface area (Å²) in [6.45, 7) is 0. The quantitative estimate of drug-likeness (QED) is 0.557. The van der Waals surface area contributed by atoms with Crippen LogP contribution in [0.1, 0.15) is 18.4 Å². The van der Waals surface area contributed by atoms with Crippen LogP contribution in [-0.4, -0.2) is 32.2 Å². The van der Waals surface area contributed by atoms with Crippen molar-refractivity contribution in [1.29, 1.82) is 0 Å². The number of carbonyl (C=O) groups is 2. The summed E-state index contributed by atoms with van der Waals surface area (Å²) in [5, 5.41) is 37.2. The lowest BCUT2D eigenvalue weighted by Gasteiger charge is -2.36. The van der Waals surface area contributed by atoms with Gasteiger partial charge in [-0.05, 0) is 6.07 Å². The number of ketones is 1. The lowest BCUT2D eigenvalue weighted by Crippen LogP contribution is -2.48. The van der Waals surface area contributed by atoms with Gasteiger partial charge in [-0.2, -0.15) is 0 Å². The monoisotopic (exact) mass is 238 g/mol. The number of rotatable bonds is 2. The summed E-state index contributed by atoms with van der Waals surface area (Å²) in [6.07, 6.45) is -0.444. The molecule has 1 aromatic carbocycles. The predicted octanol–water partition coefficient (Wildman–Crippen LogP) is 0.489. The maximum absolute atomic E-state index is 11.2. The zero-order chi connectivity index (χ0) is 12.8. The molecule has 4 N–H and O–H groups in total. The molecule has 0 radical (unpaired) electrons. The van der Waals surface area contributed by atoms with E-state index in [0.29, 0.717) is 0 Å². The molecule has 1 aliphatic carbocycles. The van der Waals surface area contributed by atoms with Crippen LogP contribution >= 0.6 is 0 Å². The molecule has 0 heterocycles. The van der Waals surface area contributed by atoms with Gasteiger partial charge in [0, 0.05) is 18.4 Å². The molecule has 17 heavy (non-hydrogen) atoms. The van der Waals surface area contributed by atoms with Gasteiger partial charge in [0.05, 0.1) is 0 Å². The summed E-state index contributed by atoms with van der Waals surface area (Å²) >= 11 is 0. The van der Waals surface area contributed by atoms with Crippen LogP contribution < -0.4 is 0 Å². The molecule has 2 rings (SSSR count). The Morgan fingerprint density at radius 3 is 2.18 bits per heavy atom. The molecule has 6 heteroatoms. The zero-order valence-corrected chi connectivity index (χ0v) is 8.67. The smallest absolute Gasteiger partial charge is 0.315 e. The molecule has 0 unspecified atom stereocenters. The van der Waals surface area contributed by atoms with Gasteiger partial charge in [-0.25, -0.2) is 0 Å². The fourth-order valence-corrected chi connectivity index (χ4v) is 2.03. The van der Waals surface area contributed by atoms with Crippen LogP contribution in [0.3, 0.4) is 0 Å². The molecule has 1 aliphatic rings. The first-order chi connectivity index (χ1) is 7.88. The van der Waals surface area contributed by atoms with Gasteiger partial charge < -0.3 is 20.4 Å². The summed E-state index contributed by atoms with van der Waals surface area (Å²) in [7, 11) is 0. The van der Waals surface area contributed by atoms with Crippen molar-refractivity contribution in [3.63, 3.8) is 0 Å². The third kappa shape index (κ3) is 1.41. The van der Waals surface area contributed by atoms with E-state index in [1.807, 2.05) is 0 Å². The number of phenols is 3. The van der Waals surface area contributed by atoms with Crippen molar-refractivity contribution in [1.82, 2.24) is 0 Å². The fraction of sp³-hybridized carbons (Fsp3) is 0.273. The molecular formula is C11H10O6. The number of hydrogen-bond donors (Lipinski definition) is 4. The Hall–Kier alpha value is -2.24. The van der Waals surface area contributed by atoms with Crippen LogP contribution in [0.5, 0.6) is 17.2 Å². The van der Waals surface area contributed by atoms with Crippen LogP contribution in [-0.2, 0) is 15.0 Å². The summed E-state index contributed by atoms with van der Waals surface area (Å²) in [5.74, 6) is -3.48. The largest absolute Gasteiger partial charge is 0.504 e. The van der Waals surface area contributed by atoms with E-state index in [1.165, 1.54) is 6.07 Å². The van der Waals surface area contributed by atoms with Crippen molar-refractivity contribution in [2.75, 3.05) is 0 Å². The summed E-state index contributed by atoms with van der Waals surface area (Å²) in [5.41, 5.74) is -1.55. The molecule has 0 bridgehead atoms. The molecule has 0 amide bonds. The first kappa shape index (κ1) is 11.3. The highest BCUT2D eigenvalue weighted by Crippen LogP contribution is 2.49. The molecule has 0 saturated heterocycles. The number of aliphatic carboxylic acids is 1. The summed E-state index contributed by atoms with van der Waals surface area (Å²) < 4.78 is 0. The number of aromatic hydroxyl groups is 3. The Bertz CT molecular complexity index is 511. The minimum Gasteiger partial charge on any atom is -0.504 e. The first-order valence-electron chi connectivity index (χ1n) is 4.88. The van der Waals surface area contributed by atoms with Crippen molar-refractivity contribution >= 4 is 11.8 Å². The van der Waals surface area contributed by atoms with E-state index >= 15 is 0 Å². The fourth-order valence-electron chi connectivity index (χ4n) is 2.03. The van der Waals surface area contributed by atoms with E-state index in [1.54, 1.807) is 0 Å². The van der Waals surface area contributed by atoms with Gasteiger partial charge in [-0.1, -0.05) is 6.07 Å². The molecule has 6 nitrogen and oxygen atoms in total. The highest BCUT2D eigenvalue weighted by atomic mass is 16.4. The number of carboxylic acid groups (broad SMARTS) is 1. The van der Waals surface area contributed by atoms with Crippen LogP contribution in [0.2, 0.25) is 0 Å². The minimum absolute atomic E-state index is 0.0556. The number of benzene rings is 1. The van der Waals surface area contributed by atoms with Crippen molar-refractivity contribution in [3.05, 3.63) is 17.7 Å². The van der Waals surface area contributed by atoms with E-state index < -0.39 is 28.6 Å². The van der Waals surface area contributed by atoms with Crippen molar-refractivity contribution in [2.24, 2.45) is 0 Å². The molecule has 1 saturated carbocycles. The number of carbonyl (C=O) groups excluding carboxylic acids is 1. The Balaban J connectivity index is 2.56. The van der Waals surface area contributed by atoms with Crippen molar-refractivity contribution < 1.29 is 30.0 Å². The van der Waals surface area contributed by atoms with E-state index in [2.05, 4.69) is 0 Å². The van der Waals surface area contributed by atoms with E-state index in [4.69, 9.17) is 10.2 Å². The SMILES string of the molecule is O=C1CC(C(=O)O)(c2ccc(O)c(O)c2O)C1. The number of hydrogen-bond acceptors (Lipinski definition) is 5. The first-order valence-corrected chi connectivity index (χ1v) is 4.88. The van der Waals surface area contributed by atoms with Crippen LogP contribution in [0.4, 0.5) is 0 Å².